The van der Waals surface area contributed by atoms with Gasteiger partial charge in [0.05, 0.1) is 7.11 Å². The molecule has 0 radical (unpaired) electrons. The van der Waals surface area contributed by atoms with E-state index in [1.54, 1.807) is 0 Å². The summed E-state index contributed by atoms with van der Waals surface area (Å²) in [5.74, 6) is 0.488. The van der Waals surface area contributed by atoms with E-state index in [4.69, 9.17) is 0 Å². The Morgan fingerprint density at radius 3 is 2.80 bits per heavy atom. The lowest BCUT2D eigenvalue weighted by atomic mass is 9.90. The van der Waals surface area contributed by atoms with E-state index < -0.39 is 0 Å². The zero-order chi connectivity index (χ0) is 10.4. The molecular weight excluding hydrogens is 214 g/mol. The minimum Gasteiger partial charge on any atom is -0.469 e. The van der Waals surface area contributed by atoms with E-state index in [9.17, 15) is 4.79 Å². The SMILES string of the molecule is COC(=O)CCC(C)C1CCCCN1.Cl. The molecule has 1 N–H and O–H groups in total. The lowest BCUT2D eigenvalue weighted by Gasteiger charge is -2.28. The van der Waals surface area contributed by atoms with Gasteiger partial charge in [-0.3, -0.25) is 4.79 Å². The Kier molecular flexibility index (Phi) is 7.79. The van der Waals surface area contributed by atoms with Crippen molar-refractivity contribution >= 4 is 18.4 Å². The molecule has 1 rings (SSSR count). The summed E-state index contributed by atoms with van der Waals surface area (Å²) in [5.41, 5.74) is 0. The standard InChI is InChI=1S/C11H21NO2.ClH/c1-9(6-7-11(13)14-2)10-5-3-4-8-12-10;/h9-10,12H,3-8H2,1-2H3;1H. The maximum absolute atomic E-state index is 11.0. The minimum atomic E-state index is -0.0901. The first-order chi connectivity index (χ1) is 6.74. The quantitative estimate of drug-likeness (QED) is 0.759. The first-order valence-electron chi connectivity index (χ1n) is 5.54. The monoisotopic (exact) mass is 235 g/mol. The van der Waals surface area contributed by atoms with Crippen molar-refractivity contribution in [3.8, 4) is 0 Å². The van der Waals surface area contributed by atoms with Gasteiger partial charge in [-0.05, 0) is 31.7 Å². The Morgan fingerprint density at radius 1 is 1.53 bits per heavy atom. The second-order valence-electron chi connectivity index (χ2n) is 4.15. The molecule has 2 atom stereocenters. The maximum atomic E-state index is 11.0. The number of halogens is 1. The van der Waals surface area contributed by atoms with Crippen LogP contribution in [0.15, 0.2) is 0 Å². The predicted molar refractivity (Wildman–Crippen MR) is 63.3 cm³/mol. The van der Waals surface area contributed by atoms with Gasteiger partial charge in [-0.1, -0.05) is 13.3 Å². The van der Waals surface area contributed by atoms with E-state index in [1.165, 1.54) is 26.4 Å². The molecule has 0 amide bonds. The molecule has 0 bridgehead atoms. The number of piperidine rings is 1. The highest BCUT2D eigenvalue weighted by Crippen LogP contribution is 2.19. The molecule has 1 heterocycles. The predicted octanol–water partition coefficient (Wildman–Crippen LogP) is 2.14. The summed E-state index contributed by atoms with van der Waals surface area (Å²) >= 11 is 0. The largest absolute Gasteiger partial charge is 0.469 e. The minimum absolute atomic E-state index is 0. The van der Waals surface area contributed by atoms with Gasteiger partial charge in [0.1, 0.15) is 0 Å². The summed E-state index contributed by atoms with van der Waals surface area (Å²) < 4.78 is 4.63. The van der Waals surface area contributed by atoms with Crippen LogP contribution in [0, 0.1) is 5.92 Å². The van der Waals surface area contributed by atoms with E-state index in [-0.39, 0.29) is 18.4 Å². The van der Waals surface area contributed by atoms with Crippen molar-refractivity contribution in [2.24, 2.45) is 5.92 Å². The van der Waals surface area contributed by atoms with E-state index >= 15 is 0 Å². The Labute approximate surface area is 98.4 Å². The summed E-state index contributed by atoms with van der Waals surface area (Å²) in [6.07, 6.45) is 5.35. The summed E-state index contributed by atoms with van der Waals surface area (Å²) in [4.78, 5) is 11.0. The highest BCUT2D eigenvalue weighted by molar-refractivity contribution is 5.85. The van der Waals surface area contributed by atoms with Crippen LogP contribution in [0.1, 0.15) is 39.0 Å². The van der Waals surface area contributed by atoms with Gasteiger partial charge >= 0.3 is 5.97 Å². The number of carbonyl (C=O) groups excluding carboxylic acids is 1. The lowest BCUT2D eigenvalue weighted by Crippen LogP contribution is -2.39. The molecule has 4 heteroatoms. The zero-order valence-corrected chi connectivity index (χ0v) is 10.4. The van der Waals surface area contributed by atoms with Crippen molar-refractivity contribution in [3.63, 3.8) is 0 Å². The van der Waals surface area contributed by atoms with Gasteiger partial charge in [0, 0.05) is 12.5 Å². The van der Waals surface area contributed by atoms with Crippen LogP contribution in [0.25, 0.3) is 0 Å². The second-order valence-corrected chi connectivity index (χ2v) is 4.15. The molecule has 2 unspecified atom stereocenters. The molecule has 0 spiro atoms. The van der Waals surface area contributed by atoms with Gasteiger partial charge in [-0.25, -0.2) is 0 Å². The zero-order valence-electron chi connectivity index (χ0n) is 9.62. The van der Waals surface area contributed by atoms with Crippen molar-refractivity contribution in [1.29, 1.82) is 0 Å². The third-order valence-corrected chi connectivity index (χ3v) is 3.07. The molecule has 3 nitrogen and oxygen atoms in total. The van der Waals surface area contributed by atoms with Gasteiger partial charge in [0.2, 0.25) is 0 Å². The molecule has 0 aliphatic carbocycles. The highest BCUT2D eigenvalue weighted by Gasteiger charge is 2.19. The number of ether oxygens (including phenoxy) is 1. The third-order valence-electron chi connectivity index (χ3n) is 3.07. The van der Waals surface area contributed by atoms with Crippen LogP contribution in [0.4, 0.5) is 0 Å². The number of carbonyl (C=O) groups is 1. The molecular formula is C11H22ClNO2. The molecule has 1 fully saturated rings. The van der Waals surface area contributed by atoms with Gasteiger partial charge in [-0.15, -0.1) is 12.4 Å². The summed E-state index contributed by atoms with van der Waals surface area (Å²) in [6.45, 7) is 3.35. The molecule has 1 saturated heterocycles. The van der Waals surface area contributed by atoms with Crippen molar-refractivity contribution in [1.82, 2.24) is 5.32 Å². The number of esters is 1. The van der Waals surface area contributed by atoms with Crippen molar-refractivity contribution in [2.45, 2.75) is 45.1 Å². The summed E-state index contributed by atoms with van der Waals surface area (Å²) in [6, 6.07) is 0.605. The highest BCUT2D eigenvalue weighted by atomic mass is 35.5. The smallest absolute Gasteiger partial charge is 0.305 e. The first-order valence-corrected chi connectivity index (χ1v) is 5.54. The van der Waals surface area contributed by atoms with Gasteiger partial charge in [0.25, 0.3) is 0 Å². The number of hydrogen-bond donors (Lipinski definition) is 1. The average Bonchev–Trinajstić information content (AvgIpc) is 2.26. The fourth-order valence-corrected chi connectivity index (χ4v) is 2.01. The molecule has 1 aliphatic heterocycles. The fraction of sp³-hybridized carbons (Fsp3) is 0.909. The Bertz CT molecular complexity index is 181. The molecule has 1 aliphatic rings. The molecule has 0 aromatic heterocycles. The third kappa shape index (κ3) is 5.38. The Hall–Kier alpha value is -0.280. The van der Waals surface area contributed by atoms with Crippen LogP contribution >= 0.6 is 12.4 Å². The summed E-state index contributed by atoms with van der Waals surface area (Å²) in [5, 5.41) is 3.51. The van der Waals surface area contributed by atoms with Crippen LogP contribution < -0.4 is 5.32 Å². The van der Waals surface area contributed by atoms with E-state index in [0.717, 1.165) is 13.0 Å². The Balaban J connectivity index is 0.00000196. The molecule has 0 saturated carbocycles. The maximum Gasteiger partial charge on any atom is 0.305 e. The normalized spacial score (nSPS) is 22.7. The van der Waals surface area contributed by atoms with Gasteiger partial charge in [0.15, 0.2) is 0 Å². The van der Waals surface area contributed by atoms with Crippen LogP contribution in [0.2, 0.25) is 0 Å². The number of methoxy groups -OCH3 is 1. The topological polar surface area (TPSA) is 38.3 Å². The molecule has 0 aromatic rings. The van der Waals surface area contributed by atoms with E-state index in [0.29, 0.717) is 18.4 Å². The van der Waals surface area contributed by atoms with Gasteiger partial charge in [-0.2, -0.15) is 0 Å². The van der Waals surface area contributed by atoms with Crippen LogP contribution in [-0.4, -0.2) is 25.7 Å². The van der Waals surface area contributed by atoms with Gasteiger partial charge < -0.3 is 10.1 Å². The molecule has 0 aromatic carbocycles. The fourth-order valence-electron chi connectivity index (χ4n) is 2.01. The van der Waals surface area contributed by atoms with E-state index in [1.807, 2.05) is 0 Å². The van der Waals surface area contributed by atoms with Crippen molar-refractivity contribution < 1.29 is 9.53 Å². The number of hydrogen-bond acceptors (Lipinski definition) is 3. The average molecular weight is 236 g/mol. The summed E-state index contributed by atoms with van der Waals surface area (Å²) in [7, 11) is 1.45. The van der Waals surface area contributed by atoms with Crippen LogP contribution in [-0.2, 0) is 9.53 Å². The van der Waals surface area contributed by atoms with E-state index in [2.05, 4.69) is 17.0 Å². The van der Waals surface area contributed by atoms with Crippen LogP contribution in [0.3, 0.4) is 0 Å². The molecule has 90 valence electrons. The second kappa shape index (κ2) is 7.94. The number of rotatable bonds is 4. The first kappa shape index (κ1) is 14.7. The Morgan fingerprint density at radius 2 is 2.27 bits per heavy atom. The molecule has 15 heavy (non-hydrogen) atoms. The number of nitrogens with one attached hydrogen (secondary N) is 1. The van der Waals surface area contributed by atoms with Crippen LogP contribution in [0.5, 0.6) is 0 Å². The van der Waals surface area contributed by atoms with Crippen molar-refractivity contribution in [2.75, 3.05) is 13.7 Å². The lowest BCUT2D eigenvalue weighted by molar-refractivity contribution is -0.141. The van der Waals surface area contributed by atoms with Crippen molar-refractivity contribution in [3.05, 3.63) is 0 Å².